The fraction of sp³-hybridized carbons (Fsp3) is 0.278. The molecule has 0 aliphatic carbocycles. The van der Waals surface area contributed by atoms with Crippen LogP contribution in [0.1, 0.15) is 15.9 Å². The van der Waals surface area contributed by atoms with Gasteiger partial charge >= 0.3 is 0 Å². The molecule has 2 aromatic rings. The van der Waals surface area contributed by atoms with Crippen LogP contribution in [-0.4, -0.2) is 44.9 Å². The normalized spacial score (nSPS) is 15.5. The molecule has 0 spiro atoms. The Bertz CT molecular complexity index is 975. The SMILES string of the molecule is Cc1ccc(F)cc1NC(=O)c1ccc(Cl)c(S(=O)(=O)N2CCOCC2)c1. The number of aryl methyl sites for hydroxylation is 1. The highest BCUT2D eigenvalue weighted by Crippen LogP contribution is 2.27. The van der Waals surface area contributed by atoms with Crippen LogP contribution in [0.15, 0.2) is 41.3 Å². The van der Waals surface area contributed by atoms with Crippen molar-refractivity contribution in [2.75, 3.05) is 31.6 Å². The van der Waals surface area contributed by atoms with Crippen molar-refractivity contribution in [1.29, 1.82) is 0 Å². The average Bonchev–Trinajstić information content (AvgIpc) is 2.65. The van der Waals surface area contributed by atoms with Gasteiger partial charge in [0.1, 0.15) is 10.7 Å². The number of hydrogen-bond acceptors (Lipinski definition) is 4. The quantitative estimate of drug-likeness (QED) is 0.837. The molecule has 144 valence electrons. The van der Waals surface area contributed by atoms with Gasteiger partial charge in [0, 0.05) is 24.3 Å². The number of hydrogen-bond donors (Lipinski definition) is 1. The van der Waals surface area contributed by atoms with Gasteiger partial charge in [0.05, 0.1) is 18.2 Å². The van der Waals surface area contributed by atoms with Crippen LogP contribution in [0.2, 0.25) is 5.02 Å². The summed E-state index contributed by atoms with van der Waals surface area (Å²) < 4.78 is 45.6. The van der Waals surface area contributed by atoms with E-state index < -0.39 is 21.7 Å². The summed E-state index contributed by atoms with van der Waals surface area (Å²) in [7, 11) is -3.86. The Hall–Kier alpha value is -2.00. The van der Waals surface area contributed by atoms with Gasteiger partial charge in [-0.05, 0) is 42.8 Å². The highest BCUT2D eigenvalue weighted by Gasteiger charge is 2.29. The molecule has 0 atom stereocenters. The highest BCUT2D eigenvalue weighted by atomic mass is 35.5. The number of nitrogens with one attached hydrogen (secondary N) is 1. The summed E-state index contributed by atoms with van der Waals surface area (Å²) in [6, 6.07) is 8.06. The Morgan fingerprint density at radius 3 is 2.59 bits per heavy atom. The van der Waals surface area contributed by atoms with E-state index in [-0.39, 0.29) is 28.6 Å². The maximum Gasteiger partial charge on any atom is 0.255 e. The molecular formula is C18H18ClFN2O4S. The minimum atomic E-state index is -3.86. The van der Waals surface area contributed by atoms with Crippen molar-refractivity contribution in [1.82, 2.24) is 4.31 Å². The van der Waals surface area contributed by atoms with E-state index in [2.05, 4.69) is 5.32 Å². The number of sulfonamides is 1. The molecule has 1 fully saturated rings. The number of benzene rings is 2. The largest absolute Gasteiger partial charge is 0.379 e. The van der Waals surface area contributed by atoms with Crippen LogP contribution in [0, 0.1) is 12.7 Å². The average molecular weight is 413 g/mol. The summed E-state index contributed by atoms with van der Waals surface area (Å²) in [6.45, 7) is 2.77. The number of morpholine rings is 1. The molecule has 27 heavy (non-hydrogen) atoms. The first-order valence-electron chi connectivity index (χ1n) is 8.24. The van der Waals surface area contributed by atoms with E-state index in [0.29, 0.717) is 24.5 Å². The van der Waals surface area contributed by atoms with E-state index in [9.17, 15) is 17.6 Å². The summed E-state index contributed by atoms with van der Waals surface area (Å²) in [5.41, 5.74) is 1.10. The van der Waals surface area contributed by atoms with Gasteiger partial charge in [-0.15, -0.1) is 0 Å². The van der Waals surface area contributed by atoms with Crippen molar-refractivity contribution in [2.24, 2.45) is 0 Å². The van der Waals surface area contributed by atoms with Gasteiger partial charge in [-0.3, -0.25) is 4.79 Å². The minimum absolute atomic E-state index is 0.0278. The fourth-order valence-corrected chi connectivity index (χ4v) is 4.60. The summed E-state index contributed by atoms with van der Waals surface area (Å²) in [5.74, 6) is -1.04. The van der Waals surface area contributed by atoms with Crippen LogP contribution in [0.5, 0.6) is 0 Å². The van der Waals surface area contributed by atoms with Crippen molar-refractivity contribution in [3.63, 3.8) is 0 Å². The summed E-state index contributed by atoms with van der Waals surface area (Å²) >= 11 is 6.09. The monoisotopic (exact) mass is 412 g/mol. The number of carbonyl (C=O) groups is 1. The lowest BCUT2D eigenvalue weighted by molar-refractivity contribution is 0.0730. The summed E-state index contributed by atoms with van der Waals surface area (Å²) in [5, 5.41) is 2.62. The second-order valence-corrected chi connectivity index (χ2v) is 8.39. The molecule has 0 bridgehead atoms. The lowest BCUT2D eigenvalue weighted by atomic mass is 10.1. The van der Waals surface area contributed by atoms with Crippen LogP contribution in [-0.2, 0) is 14.8 Å². The molecule has 1 aliphatic rings. The molecule has 6 nitrogen and oxygen atoms in total. The predicted molar refractivity (Wildman–Crippen MR) is 100 cm³/mol. The van der Waals surface area contributed by atoms with E-state index in [1.54, 1.807) is 13.0 Å². The number of rotatable bonds is 4. The Kier molecular flexibility index (Phi) is 5.81. The van der Waals surface area contributed by atoms with E-state index in [0.717, 1.165) is 0 Å². The zero-order valence-corrected chi connectivity index (χ0v) is 16.1. The molecule has 0 aromatic heterocycles. The van der Waals surface area contributed by atoms with Gasteiger partial charge in [-0.25, -0.2) is 12.8 Å². The number of carbonyl (C=O) groups excluding carboxylic acids is 1. The zero-order chi connectivity index (χ0) is 19.6. The third-order valence-corrected chi connectivity index (χ3v) is 6.61. The van der Waals surface area contributed by atoms with Gasteiger partial charge in [0.25, 0.3) is 5.91 Å². The van der Waals surface area contributed by atoms with Gasteiger partial charge < -0.3 is 10.1 Å². The van der Waals surface area contributed by atoms with Crippen LogP contribution >= 0.6 is 11.6 Å². The Morgan fingerprint density at radius 1 is 1.19 bits per heavy atom. The van der Waals surface area contributed by atoms with E-state index in [1.807, 2.05) is 0 Å². The maximum absolute atomic E-state index is 13.4. The molecule has 1 N–H and O–H groups in total. The van der Waals surface area contributed by atoms with Gasteiger partial charge in [0.15, 0.2) is 0 Å². The van der Waals surface area contributed by atoms with Crippen LogP contribution in [0.25, 0.3) is 0 Å². The fourth-order valence-electron chi connectivity index (χ4n) is 2.69. The summed E-state index contributed by atoms with van der Waals surface area (Å²) in [6.07, 6.45) is 0. The third kappa shape index (κ3) is 4.30. The smallest absolute Gasteiger partial charge is 0.255 e. The number of anilines is 1. The summed E-state index contributed by atoms with van der Waals surface area (Å²) in [4.78, 5) is 12.4. The van der Waals surface area contributed by atoms with E-state index >= 15 is 0 Å². The van der Waals surface area contributed by atoms with E-state index in [1.165, 1.54) is 34.6 Å². The van der Waals surface area contributed by atoms with Gasteiger partial charge in [-0.1, -0.05) is 17.7 Å². The number of amides is 1. The van der Waals surface area contributed by atoms with Gasteiger partial charge in [-0.2, -0.15) is 4.31 Å². The third-order valence-electron chi connectivity index (χ3n) is 4.23. The van der Waals surface area contributed by atoms with Crippen molar-refractivity contribution in [2.45, 2.75) is 11.8 Å². The van der Waals surface area contributed by atoms with Crippen molar-refractivity contribution in [3.8, 4) is 0 Å². The first kappa shape index (κ1) is 19.8. The predicted octanol–water partition coefficient (Wildman–Crippen LogP) is 3.06. The van der Waals surface area contributed by atoms with Crippen molar-refractivity contribution in [3.05, 3.63) is 58.4 Å². The van der Waals surface area contributed by atoms with Crippen LogP contribution in [0.3, 0.4) is 0 Å². The van der Waals surface area contributed by atoms with Crippen molar-refractivity contribution < 1.29 is 22.3 Å². The molecule has 2 aromatic carbocycles. The van der Waals surface area contributed by atoms with E-state index in [4.69, 9.17) is 16.3 Å². The molecule has 1 saturated heterocycles. The molecule has 0 unspecified atom stereocenters. The highest BCUT2D eigenvalue weighted by molar-refractivity contribution is 7.89. The molecule has 0 saturated carbocycles. The molecule has 9 heteroatoms. The lowest BCUT2D eigenvalue weighted by Crippen LogP contribution is -2.40. The Balaban J connectivity index is 1.90. The molecule has 1 heterocycles. The molecular weight excluding hydrogens is 395 g/mol. The molecule has 0 radical (unpaired) electrons. The van der Waals surface area contributed by atoms with Crippen LogP contribution in [0.4, 0.5) is 10.1 Å². The van der Waals surface area contributed by atoms with Crippen molar-refractivity contribution >= 4 is 33.2 Å². The first-order valence-corrected chi connectivity index (χ1v) is 10.1. The molecule has 3 rings (SSSR count). The Labute approximate surface area is 161 Å². The topological polar surface area (TPSA) is 75.7 Å². The number of halogens is 2. The van der Waals surface area contributed by atoms with Gasteiger partial charge in [0.2, 0.25) is 10.0 Å². The standard InChI is InChI=1S/C18H18ClFN2O4S/c1-12-2-4-14(20)11-16(12)21-18(23)13-3-5-15(19)17(10-13)27(24,25)22-6-8-26-9-7-22/h2-5,10-11H,6-9H2,1H3,(H,21,23). The second kappa shape index (κ2) is 7.93. The molecule has 1 aliphatic heterocycles. The first-order chi connectivity index (χ1) is 12.8. The van der Waals surface area contributed by atoms with Crippen LogP contribution < -0.4 is 5.32 Å². The Morgan fingerprint density at radius 2 is 1.89 bits per heavy atom. The number of ether oxygens (including phenoxy) is 1. The second-order valence-electron chi connectivity index (χ2n) is 6.08. The maximum atomic E-state index is 13.4. The zero-order valence-electron chi connectivity index (χ0n) is 14.5. The number of nitrogens with zero attached hydrogens (tertiary/aromatic N) is 1. The molecule has 1 amide bonds. The lowest BCUT2D eigenvalue weighted by Gasteiger charge is -2.26. The minimum Gasteiger partial charge on any atom is -0.379 e.